The van der Waals surface area contributed by atoms with E-state index in [1.54, 1.807) is 0 Å². The van der Waals surface area contributed by atoms with E-state index in [0.717, 1.165) is 15.7 Å². The zero-order chi connectivity index (χ0) is 21.5. The Hall–Kier alpha value is -0.543. The van der Waals surface area contributed by atoms with Crippen molar-refractivity contribution in [2.75, 3.05) is 11.9 Å². The van der Waals surface area contributed by atoms with Gasteiger partial charge in [0.2, 0.25) is 0 Å². The summed E-state index contributed by atoms with van der Waals surface area (Å²) in [6.45, 7) is 17.0. The molecule has 158 valence electrons. The maximum absolute atomic E-state index is 13.2. The molecule has 5 nitrogen and oxygen atoms in total. The minimum absolute atomic E-state index is 0.0416. The van der Waals surface area contributed by atoms with Crippen LogP contribution in [0.2, 0.25) is 18.1 Å². The highest BCUT2D eigenvalue weighted by atomic mass is 79.9. The molecule has 1 aromatic carbocycles. The lowest BCUT2D eigenvalue weighted by molar-refractivity contribution is -0.132. The Bertz CT molecular complexity index is 787. The first-order valence-electron chi connectivity index (χ1n) is 9.57. The number of benzene rings is 1. The highest BCUT2D eigenvalue weighted by molar-refractivity contribution is 9.10. The smallest absolute Gasteiger partial charge is 0.260 e. The zero-order valence-corrected chi connectivity index (χ0v) is 21.6. The standard InChI is InChI=1S/C20H33BrN2O3SSi/c1-18(2,3)27(25)22-12-11-20(26-28(7,8)19(4,5)6)15-10-9-14(21)13-16(15)23-17(20)24/h9-10,13,22H,11-12H2,1-8H3,(H,23,24)/t20?,27-/m0/s1. The van der Waals surface area contributed by atoms with Crippen LogP contribution >= 0.6 is 15.9 Å². The van der Waals surface area contributed by atoms with Crippen molar-refractivity contribution in [3.63, 3.8) is 0 Å². The fraction of sp³-hybridized carbons (Fsp3) is 0.650. The molecule has 0 radical (unpaired) electrons. The molecule has 0 saturated heterocycles. The summed E-state index contributed by atoms with van der Waals surface area (Å²) in [5.74, 6) is -0.145. The van der Waals surface area contributed by atoms with Crippen LogP contribution in [0.5, 0.6) is 0 Å². The minimum atomic E-state index is -2.26. The Morgan fingerprint density at radius 3 is 2.36 bits per heavy atom. The maximum Gasteiger partial charge on any atom is 0.260 e. The van der Waals surface area contributed by atoms with Crippen LogP contribution in [0.4, 0.5) is 5.69 Å². The van der Waals surface area contributed by atoms with Crippen LogP contribution < -0.4 is 10.0 Å². The van der Waals surface area contributed by atoms with Gasteiger partial charge in [0.15, 0.2) is 13.9 Å². The Kier molecular flexibility index (Phi) is 6.73. The molecule has 0 fully saturated rings. The van der Waals surface area contributed by atoms with Crippen molar-refractivity contribution < 1.29 is 13.4 Å². The molecule has 2 atom stereocenters. The normalized spacial score (nSPS) is 21.4. The summed E-state index contributed by atoms with van der Waals surface area (Å²) in [7, 11) is -3.46. The molecule has 0 spiro atoms. The van der Waals surface area contributed by atoms with Gasteiger partial charge >= 0.3 is 0 Å². The van der Waals surface area contributed by atoms with Gasteiger partial charge in [0.05, 0.1) is 15.7 Å². The van der Waals surface area contributed by atoms with Crippen LogP contribution in [0.25, 0.3) is 0 Å². The number of hydrogen-bond donors (Lipinski definition) is 2. The third-order valence-corrected chi connectivity index (χ3v) is 12.1. The summed E-state index contributed by atoms with van der Waals surface area (Å²) in [6, 6.07) is 5.79. The van der Waals surface area contributed by atoms with Gasteiger partial charge in [0.25, 0.3) is 5.91 Å². The van der Waals surface area contributed by atoms with Gasteiger partial charge in [-0.15, -0.1) is 0 Å². The van der Waals surface area contributed by atoms with Gasteiger partial charge in [0, 0.05) is 28.7 Å². The van der Waals surface area contributed by atoms with Crippen molar-refractivity contribution in [3.8, 4) is 0 Å². The van der Waals surface area contributed by atoms with Gasteiger partial charge in [-0.25, -0.2) is 8.93 Å². The maximum atomic E-state index is 13.2. The summed E-state index contributed by atoms with van der Waals surface area (Å²) >= 11 is 3.47. The Balaban J connectivity index is 2.41. The van der Waals surface area contributed by atoms with Crippen molar-refractivity contribution in [2.45, 2.75) is 76.4 Å². The number of hydrogen-bond acceptors (Lipinski definition) is 3. The van der Waals surface area contributed by atoms with Crippen molar-refractivity contribution in [1.82, 2.24) is 4.72 Å². The van der Waals surface area contributed by atoms with E-state index in [1.807, 2.05) is 39.0 Å². The average Bonchev–Trinajstić information content (AvgIpc) is 2.76. The lowest BCUT2D eigenvalue weighted by Gasteiger charge is -2.43. The van der Waals surface area contributed by atoms with Crippen LogP contribution in [-0.4, -0.2) is 29.7 Å². The molecule has 0 aliphatic carbocycles. The van der Waals surface area contributed by atoms with E-state index in [2.05, 4.69) is 59.8 Å². The first-order valence-corrected chi connectivity index (χ1v) is 14.4. The van der Waals surface area contributed by atoms with Crippen LogP contribution in [0.15, 0.2) is 22.7 Å². The topological polar surface area (TPSA) is 67.4 Å². The van der Waals surface area contributed by atoms with Gasteiger partial charge in [-0.2, -0.15) is 0 Å². The Labute approximate surface area is 181 Å². The first kappa shape index (κ1) is 23.7. The summed E-state index contributed by atoms with van der Waals surface area (Å²) in [5, 5.41) is 2.95. The number of amides is 1. The molecule has 2 N–H and O–H groups in total. The molecule has 1 unspecified atom stereocenters. The molecule has 0 aromatic heterocycles. The second-order valence-corrected chi connectivity index (χ2v) is 17.6. The van der Waals surface area contributed by atoms with E-state index >= 15 is 0 Å². The van der Waals surface area contributed by atoms with Gasteiger partial charge in [-0.3, -0.25) is 4.79 Å². The monoisotopic (exact) mass is 488 g/mol. The fourth-order valence-corrected chi connectivity index (χ4v) is 5.41. The van der Waals surface area contributed by atoms with E-state index < -0.39 is 24.9 Å². The molecule has 1 heterocycles. The Morgan fingerprint density at radius 1 is 1.21 bits per heavy atom. The summed E-state index contributed by atoms with van der Waals surface area (Å²) < 4.78 is 22.8. The van der Waals surface area contributed by atoms with Gasteiger partial charge < -0.3 is 9.74 Å². The quantitative estimate of drug-likeness (QED) is 0.549. The number of rotatable bonds is 6. The fourth-order valence-electron chi connectivity index (χ4n) is 2.84. The van der Waals surface area contributed by atoms with Gasteiger partial charge in [-0.1, -0.05) is 42.8 Å². The van der Waals surface area contributed by atoms with Crippen molar-refractivity contribution in [1.29, 1.82) is 0 Å². The molecule has 0 saturated carbocycles. The van der Waals surface area contributed by atoms with Gasteiger partial charge in [0.1, 0.15) is 0 Å². The van der Waals surface area contributed by atoms with Gasteiger partial charge in [-0.05, 0) is 51.0 Å². The lowest BCUT2D eigenvalue weighted by atomic mass is 9.92. The van der Waals surface area contributed by atoms with Crippen molar-refractivity contribution in [3.05, 3.63) is 28.2 Å². The zero-order valence-electron chi connectivity index (χ0n) is 18.2. The predicted octanol–water partition coefficient (Wildman–Crippen LogP) is 5.06. The van der Waals surface area contributed by atoms with E-state index in [9.17, 15) is 9.00 Å². The first-order chi connectivity index (χ1) is 12.6. The molecule has 1 amide bonds. The molecule has 8 heteroatoms. The molecular weight excluding hydrogens is 456 g/mol. The number of carbonyl (C=O) groups excluding carboxylic acids is 1. The SMILES string of the molecule is CC(C)(C)[S@](=O)NCCC1(O[Si](C)(C)C(C)(C)C)C(=O)Nc2cc(Br)ccc21. The summed E-state index contributed by atoms with van der Waals surface area (Å²) in [5.41, 5.74) is 0.553. The third-order valence-electron chi connectivity index (χ3n) is 5.53. The van der Waals surface area contributed by atoms with E-state index in [4.69, 9.17) is 4.43 Å². The van der Waals surface area contributed by atoms with Crippen molar-refractivity contribution >= 4 is 46.8 Å². The van der Waals surface area contributed by atoms with Crippen LogP contribution in [0, 0.1) is 0 Å². The number of carbonyl (C=O) groups is 1. The summed E-state index contributed by atoms with van der Waals surface area (Å²) in [6.07, 6.45) is 0.418. The molecule has 1 aromatic rings. The molecular formula is C20H33BrN2O3SSi. The average molecular weight is 490 g/mol. The van der Waals surface area contributed by atoms with Crippen LogP contribution in [0.3, 0.4) is 0 Å². The molecule has 1 aliphatic heterocycles. The minimum Gasteiger partial charge on any atom is -0.399 e. The van der Waals surface area contributed by atoms with E-state index in [0.29, 0.717) is 13.0 Å². The lowest BCUT2D eigenvalue weighted by Crippen LogP contribution is -2.52. The van der Waals surface area contributed by atoms with E-state index in [1.165, 1.54) is 0 Å². The van der Waals surface area contributed by atoms with Crippen LogP contribution in [0.1, 0.15) is 53.5 Å². The third kappa shape index (κ3) is 4.78. The molecule has 28 heavy (non-hydrogen) atoms. The number of halogens is 1. The largest absolute Gasteiger partial charge is 0.399 e. The highest BCUT2D eigenvalue weighted by Gasteiger charge is 2.53. The second kappa shape index (κ2) is 7.94. The predicted molar refractivity (Wildman–Crippen MR) is 123 cm³/mol. The Morgan fingerprint density at radius 2 is 1.82 bits per heavy atom. The number of anilines is 1. The second-order valence-electron chi connectivity index (χ2n) is 9.86. The number of nitrogens with one attached hydrogen (secondary N) is 2. The number of fused-ring (bicyclic) bond motifs is 1. The van der Waals surface area contributed by atoms with Crippen molar-refractivity contribution in [2.24, 2.45) is 0 Å². The molecule has 2 rings (SSSR count). The molecule has 0 bridgehead atoms. The van der Waals surface area contributed by atoms with E-state index in [-0.39, 0.29) is 15.7 Å². The summed E-state index contributed by atoms with van der Waals surface area (Å²) in [4.78, 5) is 13.2. The molecule has 1 aliphatic rings. The van der Waals surface area contributed by atoms with Crippen LogP contribution in [-0.2, 0) is 25.8 Å². The highest BCUT2D eigenvalue weighted by Crippen LogP contribution is 2.48.